The van der Waals surface area contributed by atoms with Crippen LogP contribution in [0.1, 0.15) is 27.7 Å². The van der Waals surface area contributed by atoms with Gasteiger partial charge in [-0.15, -0.1) is 0 Å². The Kier molecular flexibility index (Phi) is 5.17. The number of carbonyl (C=O) groups is 1. The molecule has 5 rings (SSSR count). The lowest BCUT2D eigenvalue weighted by Gasteiger charge is -2.31. The third kappa shape index (κ3) is 3.47. The monoisotopic (exact) mass is 421 g/mol. The van der Waals surface area contributed by atoms with Gasteiger partial charge < -0.3 is 18.8 Å². The van der Waals surface area contributed by atoms with Crippen LogP contribution >= 0.6 is 0 Å². The number of morpholine rings is 1. The molecule has 1 amide bonds. The van der Waals surface area contributed by atoms with Crippen LogP contribution in [0, 0.1) is 0 Å². The zero-order chi connectivity index (χ0) is 21.4. The zero-order valence-electron chi connectivity index (χ0n) is 17.2. The normalized spacial score (nSPS) is 19.1. The van der Waals surface area contributed by atoms with E-state index in [1.54, 1.807) is 42.6 Å². The van der Waals surface area contributed by atoms with Crippen molar-refractivity contribution in [3.05, 3.63) is 69.8 Å². The van der Waals surface area contributed by atoms with Gasteiger partial charge in [-0.2, -0.15) is 0 Å². The Morgan fingerprint density at radius 2 is 1.87 bits per heavy atom. The summed E-state index contributed by atoms with van der Waals surface area (Å²) in [7, 11) is 1.55. The minimum atomic E-state index is -0.505. The SMILES string of the molecule is COc1ccc2c(=O)c3c(oc2c1)C(=O)N(CCN1CCOCC1)[C@H]3c1ccncc1. The minimum Gasteiger partial charge on any atom is -0.497 e. The Bertz CT molecular complexity index is 1170. The fraction of sp³-hybridized carbons (Fsp3) is 0.348. The number of amides is 1. The Morgan fingerprint density at radius 3 is 2.61 bits per heavy atom. The first-order valence-electron chi connectivity index (χ1n) is 10.3. The molecule has 160 valence electrons. The number of ether oxygens (including phenoxy) is 2. The Balaban J connectivity index is 1.59. The van der Waals surface area contributed by atoms with Gasteiger partial charge in [-0.1, -0.05) is 0 Å². The molecule has 1 saturated heterocycles. The highest BCUT2D eigenvalue weighted by atomic mass is 16.5. The van der Waals surface area contributed by atoms with Crippen molar-refractivity contribution in [1.82, 2.24) is 14.8 Å². The molecular formula is C23H23N3O5. The standard InChI is InChI=1S/C23H23N3O5/c1-29-16-2-3-17-18(14-16)31-22-19(21(17)27)20(15-4-6-24-7-5-15)26(23(22)28)9-8-25-10-12-30-13-11-25/h2-7,14,20H,8-13H2,1H3/t20-/m0/s1. The van der Waals surface area contributed by atoms with Crippen LogP contribution in [-0.2, 0) is 4.74 Å². The molecule has 1 aromatic carbocycles. The smallest absolute Gasteiger partial charge is 0.290 e. The number of carbonyl (C=O) groups excluding carboxylic acids is 1. The van der Waals surface area contributed by atoms with Crippen molar-refractivity contribution < 1.29 is 18.7 Å². The Hall–Kier alpha value is -3.23. The van der Waals surface area contributed by atoms with E-state index in [4.69, 9.17) is 13.9 Å². The summed E-state index contributed by atoms with van der Waals surface area (Å²) in [5, 5.41) is 0.432. The molecule has 0 spiro atoms. The maximum atomic E-state index is 13.5. The summed E-state index contributed by atoms with van der Waals surface area (Å²) in [5.74, 6) is 0.400. The van der Waals surface area contributed by atoms with Crippen LogP contribution in [-0.4, -0.2) is 67.2 Å². The van der Waals surface area contributed by atoms with Crippen LogP contribution in [0.3, 0.4) is 0 Å². The summed E-state index contributed by atoms with van der Waals surface area (Å²) in [6.45, 7) is 4.22. The molecule has 2 aliphatic rings. The van der Waals surface area contributed by atoms with Crippen molar-refractivity contribution >= 4 is 16.9 Å². The molecule has 0 saturated carbocycles. The predicted molar refractivity (Wildman–Crippen MR) is 113 cm³/mol. The van der Waals surface area contributed by atoms with Gasteiger partial charge in [0.25, 0.3) is 5.91 Å². The van der Waals surface area contributed by atoms with Crippen LogP contribution in [0.15, 0.2) is 51.9 Å². The number of rotatable bonds is 5. The van der Waals surface area contributed by atoms with Crippen LogP contribution < -0.4 is 10.2 Å². The summed E-state index contributed by atoms with van der Waals surface area (Å²) in [5.41, 5.74) is 1.38. The highest BCUT2D eigenvalue weighted by Gasteiger charge is 2.42. The maximum absolute atomic E-state index is 13.5. The average molecular weight is 421 g/mol. The first-order valence-corrected chi connectivity index (χ1v) is 10.3. The van der Waals surface area contributed by atoms with Crippen LogP contribution in [0.25, 0.3) is 11.0 Å². The first kappa shape index (κ1) is 19.7. The van der Waals surface area contributed by atoms with Gasteiger partial charge in [0.1, 0.15) is 11.3 Å². The number of aromatic nitrogens is 1. The largest absolute Gasteiger partial charge is 0.497 e. The lowest BCUT2D eigenvalue weighted by Crippen LogP contribution is -2.42. The van der Waals surface area contributed by atoms with E-state index in [1.807, 2.05) is 12.1 Å². The van der Waals surface area contributed by atoms with Crippen LogP contribution in [0.2, 0.25) is 0 Å². The molecule has 1 atom stereocenters. The van der Waals surface area contributed by atoms with Crippen molar-refractivity contribution in [3.8, 4) is 5.75 Å². The fourth-order valence-electron chi connectivity index (χ4n) is 4.32. The summed E-state index contributed by atoms with van der Waals surface area (Å²) in [4.78, 5) is 35.0. The van der Waals surface area contributed by atoms with E-state index in [1.165, 1.54) is 0 Å². The number of benzene rings is 1. The van der Waals surface area contributed by atoms with Crippen LogP contribution in [0.5, 0.6) is 5.75 Å². The van der Waals surface area contributed by atoms with Crippen molar-refractivity contribution in [2.75, 3.05) is 46.5 Å². The van der Waals surface area contributed by atoms with Gasteiger partial charge >= 0.3 is 0 Å². The third-order valence-corrected chi connectivity index (χ3v) is 5.96. The lowest BCUT2D eigenvalue weighted by atomic mass is 9.99. The van der Waals surface area contributed by atoms with Gasteiger partial charge in [-0.3, -0.25) is 19.5 Å². The van der Waals surface area contributed by atoms with Crippen molar-refractivity contribution in [2.45, 2.75) is 6.04 Å². The molecule has 2 aliphatic heterocycles. The molecular weight excluding hydrogens is 398 g/mol. The number of methoxy groups -OCH3 is 1. The predicted octanol–water partition coefficient (Wildman–Crippen LogP) is 2.07. The number of pyridine rings is 1. The van der Waals surface area contributed by atoms with Gasteiger partial charge in [0.05, 0.1) is 37.3 Å². The van der Waals surface area contributed by atoms with E-state index in [-0.39, 0.29) is 17.1 Å². The second-order valence-corrected chi connectivity index (χ2v) is 7.67. The number of fused-ring (bicyclic) bond motifs is 2. The van der Waals surface area contributed by atoms with Crippen molar-refractivity contribution in [1.29, 1.82) is 0 Å². The molecule has 3 aromatic rings. The third-order valence-electron chi connectivity index (χ3n) is 5.96. The molecule has 0 bridgehead atoms. The zero-order valence-corrected chi connectivity index (χ0v) is 17.2. The molecule has 0 radical (unpaired) electrons. The number of hydrogen-bond donors (Lipinski definition) is 0. The van der Waals surface area contributed by atoms with E-state index < -0.39 is 6.04 Å². The highest BCUT2D eigenvalue weighted by molar-refractivity contribution is 5.99. The van der Waals surface area contributed by atoms with Gasteiger partial charge in [0.2, 0.25) is 5.76 Å². The molecule has 8 heteroatoms. The second-order valence-electron chi connectivity index (χ2n) is 7.67. The maximum Gasteiger partial charge on any atom is 0.290 e. The minimum absolute atomic E-state index is 0.106. The van der Waals surface area contributed by atoms with Crippen LogP contribution in [0.4, 0.5) is 0 Å². The molecule has 31 heavy (non-hydrogen) atoms. The van der Waals surface area contributed by atoms with E-state index in [0.29, 0.717) is 48.6 Å². The molecule has 1 fully saturated rings. The lowest BCUT2D eigenvalue weighted by molar-refractivity contribution is 0.0314. The summed E-state index contributed by atoms with van der Waals surface area (Å²) in [6, 6.07) is 8.22. The van der Waals surface area contributed by atoms with E-state index in [9.17, 15) is 9.59 Å². The molecule has 0 N–H and O–H groups in total. The van der Waals surface area contributed by atoms with Gasteiger partial charge in [0.15, 0.2) is 5.43 Å². The number of hydrogen-bond acceptors (Lipinski definition) is 7. The molecule has 0 aliphatic carbocycles. The summed E-state index contributed by atoms with van der Waals surface area (Å²) < 4.78 is 16.7. The summed E-state index contributed by atoms with van der Waals surface area (Å²) >= 11 is 0. The Morgan fingerprint density at radius 1 is 1.10 bits per heavy atom. The molecule has 4 heterocycles. The quantitative estimate of drug-likeness (QED) is 0.624. The molecule has 2 aromatic heterocycles. The van der Waals surface area contributed by atoms with E-state index >= 15 is 0 Å². The number of nitrogens with zero attached hydrogens (tertiary/aromatic N) is 3. The highest BCUT2D eigenvalue weighted by Crippen LogP contribution is 2.38. The van der Waals surface area contributed by atoms with Gasteiger partial charge in [0, 0.05) is 44.6 Å². The molecule has 0 unspecified atom stereocenters. The van der Waals surface area contributed by atoms with Gasteiger partial charge in [-0.05, 0) is 29.8 Å². The van der Waals surface area contributed by atoms with E-state index in [0.717, 1.165) is 18.7 Å². The molecule has 8 nitrogen and oxygen atoms in total. The first-order chi connectivity index (χ1) is 15.2. The van der Waals surface area contributed by atoms with E-state index in [2.05, 4.69) is 9.88 Å². The average Bonchev–Trinajstić information content (AvgIpc) is 3.10. The van der Waals surface area contributed by atoms with Gasteiger partial charge in [-0.25, -0.2) is 0 Å². The summed E-state index contributed by atoms with van der Waals surface area (Å²) in [6.07, 6.45) is 3.34. The fourth-order valence-corrected chi connectivity index (χ4v) is 4.32. The second kappa shape index (κ2) is 8.13. The van der Waals surface area contributed by atoms with Crippen molar-refractivity contribution in [2.24, 2.45) is 0 Å². The van der Waals surface area contributed by atoms with Crippen molar-refractivity contribution in [3.63, 3.8) is 0 Å². The topological polar surface area (TPSA) is 85.1 Å². The Labute approximate surface area is 179 Å².